The van der Waals surface area contributed by atoms with Crippen LogP contribution in [0.4, 0.5) is 5.82 Å². The van der Waals surface area contributed by atoms with E-state index in [1.807, 2.05) is 4.90 Å². The number of nitrogens with zero attached hydrogens (tertiary/aromatic N) is 4. The molecule has 3 heterocycles. The van der Waals surface area contributed by atoms with Crippen LogP contribution in [0.1, 0.15) is 19.8 Å². The minimum atomic E-state index is -0.910. The van der Waals surface area contributed by atoms with Gasteiger partial charge in [-0.2, -0.15) is 0 Å². The molecular formula is C11H13N5O2. The monoisotopic (exact) mass is 247 g/mol. The zero-order chi connectivity index (χ0) is 12.8. The minimum Gasteiger partial charge on any atom is -0.480 e. The van der Waals surface area contributed by atoms with E-state index in [2.05, 4.69) is 19.9 Å². The molecule has 0 saturated carbocycles. The Kier molecular flexibility index (Phi) is 2.22. The van der Waals surface area contributed by atoms with Crippen LogP contribution in [0.25, 0.3) is 11.2 Å². The second-order valence-corrected chi connectivity index (χ2v) is 4.63. The van der Waals surface area contributed by atoms with E-state index >= 15 is 0 Å². The molecule has 94 valence electrons. The summed E-state index contributed by atoms with van der Waals surface area (Å²) in [5.74, 6) is -0.217. The summed E-state index contributed by atoms with van der Waals surface area (Å²) >= 11 is 0. The summed E-state index contributed by atoms with van der Waals surface area (Å²) in [6.07, 6.45) is 4.40. The van der Waals surface area contributed by atoms with Gasteiger partial charge in [0.1, 0.15) is 17.4 Å². The number of hydrogen-bond acceptors (Lipinski definition) is 5. The number of carboxylic acids is 1. The summed E-state index contributed by atoms with van der Waals surface area (Å²) in [5, 5.41) is 9.42. The fourth-order valence-corrected chi connectivity index (χ4v) is 2.48. The number of H-pyrrole nitrogens is 1. The van der Waals surface area contributed by atoms with Gasteiger partial charge in [-0.05, 0) is 19.8 Å². The first-order chi connectivity index (χ1) is 8.63. The normalized spacial score (nSPS) is 23.7. The molecule has 0 aromatic carbocycles. The van der Waals surface area contributed by atoms with Crippen LogP contribution >= 0.6 is 0 Å². The van der Waals surface area contributed by atoms with Crippen LogP contribution in [0.5, 0.6) is 0 Å². The van der Waals surface area contributed by atoms with E-state index in [0.29, 0.717) is 29.9 Å². The summed E-state index contributed by atoms with van der Waals surface area (Å²) in [7, 11) is 0. The van der Waals surface area contributed by atoms with Gasteiger partial charge in [0.15, 0.2) is 11.5 Å². The van der Waals surface area contributed by atoms with Crippen molar-refractivity contribution in [1.29, 1.82) is 0 Å². The van der Waals surface area contributed by atoms with Crippen molar-refractivity contribution in [3.8, 4) is 0 Å². The minimum absolute atomic E-state index is 0.555. The van der Waals surface area contributed by atoms with E-state index in [-0.39, 0.29) is 0 Å². The lowest BCUT2D eigenvalue weighted by Gasteiger charge is -2.32. The Labute approximate surface area is 103 Å². The first-order valence-electron chi connectivity index (χ1n) is 5.78. The van der Waals surface area contributed by atoms with Crippen molar-refractivity contribution in [2.75, 3.05) is 11.4 Å². The quantitative estimate of drug-likeness (QED) is 0.814. The number of imidazole rings is 1. The van der Waals surface area contributed by atoms with Crippen LogP contribution in [0.2, 0.25) is 0 Å². The smallest absolute Gasteiger partial charge is 0.329 e. The number of nitrogens with one attached hydrogen (secondary N) is 1. The number of aliphatic carboxylic acids is 1. The maximum absolute atomic E-state index is 11.5. The number of anilines is 1. The highest BCUT2D eigenvalue weighted by atomic mass is 16.4. The summed E-state index contributed by atoms with van der Waals surface area (Å²) in [6, 6.07) is 0. The first-order valence-corrected chi connectivity index (χ1v) is 5.78. The molecule has 1 aliphatic heterocycles. The third-order valence-corrected chi connectivity index (χ3v) is 3.56. The lowest BCUT2D eigenvalue weighted by atomic mass is 9.99. The third-order valence-electron chi connectivity index (χ3n) is 3.56. The number of aromatic amines is 1. The van der Waals surface area contributed by atoms with Gasteiger partial charge in [0.2, 0.25) is 0 Å². The van der Waals surface area contributed by atoms with Gasteiger partial charge in [-0.25, -0.2) is 19.7 Å². The lowest BCUT2D eigenvalue weighted by Crippen LogP contribution is -2.48. The Hall–Kier alpha value is -2.18. The zero-order valence-corrected chi connectivity index (χ0v) is 9.92. The Morgan fingerprint density at radius 3 is 3.11 bits per heavy atom. The predicted molar refractivity (Wildman–Crippen MR) is 64.3 cm³/mol. The average molecular weight is 247 g/mol. The predicted octanol–water partition coefficient (Wildman–Crippen LogP) is 0.796. The van der Waals surface area contributed by atoms with Gasteiger partial charge in [0, 0.05) is 6.54 Å². The van der Waals surface area contributed by atoms with Gasteiger partial charge in [0.05, 0.1) is 6.33 Å². The molecule has 0 spiro atoms. The molecule has 7 heteroatoms. The second kappa shape index (κ2) is 3.66. The van der Waals surface area contributed by atoms with Gasteiger partial charge >= 0.3 is 5.97 Å². The number of fused-ring (bicyclic) bond motifs is 1. The standard InChI is InChI=1S/C11H13N5O2/c1-11(10(17)18)3-2-4-16(11)9-7-8(13-5-12-7)14-6-15-9/h5-6H,2-4H2,1H3,(H,17,18)(H,12,13,14,15). The van der Waals surface area contributed by atoms with E-state index in [0.717, 1.165) is 6.42 Å². The van der Waals surface area contributed by atoms with Crippen molar-refractivity contribution in [3.63, 3.8) is 0 Å². The summed E-state index contributed by atoms with van der Waals surface area (Å²) in [4.78, 5) is 28.6. The lowest BCUT2D eigenvalue weighted by molar-refractivity contribution is -0.142. The van der Waals surface area contributed by atoms with E-state index in [1.54, 1.807) is 6.92 Å². The molecule has 3 rings (SSSR count). The summed E-state index contributed by atoms with van der Waals surface area (Å²) in [6.45, 7) is 2.40. The molecule has 1 aliphatic rings. The Morgan fingerprint density at radius 1 is 1.50 bits per heavy atom. The summed E-state index contributed by atoms with van der Waals surface area (Å²) < 4.78 is 0. The van der Waals surface area contributed by atoms with Gasteiger partial charge in [0.25, 0.3) is 0 Å². The molecular weight excluding hydrogens is 234 g/mol. The van der Waals surface area contributed by atoms with Crippen molar-refractivity contribution >= 4 is 23.0 Å². The van der Waals surface area contributed by atoms with E-state index in [9.17, 15) is 9.90 Å². The molecule has 2 N–H and O–H groups in total. The van der Waals surface area contributed by atoms with E-state index in [4.69, 9.17) is 0 Å². The topological polar surface area (TPSA) is 95.0 Å². The summed E-state index contributed by atoms with van der Waals surface area (Å²) in [5.41, 5.74) is 0.332. The molecule has 18 heavy (non-hydrogen) atoms. The molecule has 0 amide bonds. The molecule has 0 bridgehead atoms. The fourth-order valence-electron chi connectivity index (χ4n) is 2.48. The Bertz CT molecular complexity index is 610. The highest BCUT2D eigenvalue weighted by Crippen LogP contribution is 2.35. The van der Waals surface area contributed by atoms with Gasteiger partial charge in [-0.3, -0.25) is 0 Å². The van der Waals surface area contributed by atoms with Gasteiger partial charge in [-0.1, -0.05) is 0 Å². The highest BCUT2D eigenvalue weighted by molar-refractivity contribution is 5.89. The Morgan fingerprint density at radius 2 is 2.33 bits per heavy atom. The number of aromatic nitrogens is 4. The van der Waals surface area contributed by atoms with Crippen LogP contribution in [0.15, 0.2) is 12.7 Å². The molecule has 1 fully saturated rings. The van der Waals surface area contributed by atoms with Crippen molar-refractivity contribution < 1.29 is 9.90 Å². The van der Waals surface area contributed by atoms with Crippen molar-refractivity contribution in [3.05, 3.63) is 12.7 Å². The van der Waals surface area contributed by atoms with Crippen LogP contribution in [0, 0.1) is 0 Å². The maximum atomic E-state index is 11.5. The van der Waals surface area contributed by atoms with Crippen LogP contribution in [-0.4, -0.2) is 43.1 Å². The van der Waals surface area contributed by atoms with Crippen LogP contribution in [-0.2, 0) is 4.79 Å². The fraction of sp³-hybridized carbons (Fsp3) is 0.455. The molecule has 1 atom stereocenters. The highest BCUT2D eigenvalue weighted by Gasteiger charge is 2.44. The molecule has 0 radical (unpaired) electrons. The Balaban J connectivity index is 2.14. The van der Waals surface area contributed by atoms with Gasteiger partial charge in [-0.15, -0.1) is 0 Å². The third kappa shape index (κ3) is 1.36. The number of rotatable bonds is 2. The van der Waals surface area contributed by atoms with Crippen LogP contribution < -0.4 is 4.90 Å². The maximum Gasteiger partial charge on any atom is 0.329 e. The number of hydrogen-bond donors (Lipinski definition) is 2. The molecule has 7 nitrogen and oxygen atoms in total. The van der Waals surface area contributed by atoms with Crippen molar-refractivity contribution in [2.24, 2.45) is 0 Å². The van der Waals surface area contributed by atoms with Crippen molar-refractivity contribution in [1.82, 2.24) is 19.9 Å². The second-order valence-electron chi connectivity index (χ2n) is 4.63. The average Bonchev–Trinajstić information content (AvgIpc) is 2.95. The molecule has 1 unspecified atom stereocenters. The molecule has 2 aromatic rings. The molecule has 2 aromatic heterocycles. The number of carbonyl (C=O) groups is 1. The zero-order valence-electron chi connectivity index (χ0n) is 9.92. The number of carboxylic acid groups (broad SMARTS) is 1. The molecule has 0 aliphatic carbocycles. The first kappa shape index (κ1) is 10.9. The van der Waals surface area contributed by atoms with Crippen LogP contribution in [0.3, 0.4) is 0 Å². The van der Waals surface area contributed by atoms with E-state index < -0.39 is 11.5 Å². The van der Waals surface area contributed by atoms with E-state index in [1.165, 1.54) is 12.7 Å². The van der Waals surface area contributed by atoms with Crippen molar-refractivity contribution in [2.45, 2.75) is 25.3 Å². The molecule has 1 saturated heterocycles. The van der Waals surface area contributed by atoms with Gasteiger partial charge < -0.3 is 15.0 Å². The SMILES string of the molecule is CC1(C(=O)O)CCCN1c1ncnc2nc[nH]c12. The largest absolute Gasteiger partial charge is 0.480 e.